The molecule has 0 spiro atoms. The van der Waals surface area contributed by atoms with Crippen LogP contribution in [0.1, 0.15) is 37.4 Å². The number of nitrogens with one attached hydrogen (secondary N) is 2. The van der Waals surface area contributed by atoms with Crippen LogP contribution in [0, 0.1) is 0 Å². The highest BCUT2D eigenvalue weighted by Gasteiger charge is 2.28. The van der Waals surface area contributed by atoms with Gasteiger partial charge in [0.2, 0.25) is 5.91 Å². The maximum Gasteiger partial charge on any atom is 0.271 e. The molecule has 2 aliphatic rings. The molecule has 23 heavy (non-hydrogen) atoms. The fraction of sp³-hybridized carbons (Fsp3) is 0.375. The van der Waals surface area contributed by atoms with Crippen LogP contribution < -0.4 is 10.7 Å². The number of carbonyl (C=O) groups excluding carboxylic acids is 2. The van der Waals surface area contributed by atoms with E-state index in [0.717, 1.165) is 16.9 Å². The lowest BCUT2D eigenvalue weighted by Gasteiger charge is -2.12. The van der Waals surface area contributed by atoms with Crippen molar-refractivity contribution in [3.8, 4) is 0 Å². The Morgan fingerprint density at radius 1 is 1.35 bits per heavy atom. The van der Waals surface area contributed by atoms with Gasteiger partial charge < -0.3 is 9.88 Å². The highest BCUT2D eigenvalue weighted by atomic mass is 16.2. The quantitative estimate of drug-likeness (QED) is 0.903. The summed E-state index contributed by atoms with van der Waals surface area (Å²) in [5.74, 6) is 1.24. The first-order chi connectivity index (χ1) is 11.1. The summed E-state index contributed by atoms with van der Waals surface area (Å²) in [6, 6.07) is 5.70. The van der Waals surface area contributed by atoms with E-state index < -0.39 is 0 Å². The molecule has 7 heteroatoms. The summed E-state index contributed by atoms with van der Waals surface area (Å²) in [5, 5.41) is 6.63. The van der Waals surface area contributed by atoms with Crippen molar-refractivity contribution < 1.29 is 9.59 Å². The Balaban J connectivity index is 1.57. The molecule has 2 amide bonds. The predicted molar refractivity (Wildman–Crippen MR) is 86.1 cm³/mol. The first-order valence-corrected chi connectivity index (χ1v) is 7.75. The van der Waals surface area contributed by atoms with Gasteiger partial charge in [-0.2, -0.15) is 5.10 Å². The van der Waals surface area contributed by atoms with Crippen molar-refractivity contribution in [3.63, 3.8) is 0 Å². The van der Waals surface area contributed by atoms with E-state index in [1.807, 2.05) is 25.2 Å². The average Bonchev–Trinajstić information content (AvgIpc) is 3.33. The summed E-state index contributed by atoms with van der Waals surface area (Å²) in [7, 11) is 2.03. The highest BCUT2D eigenvalue weighted by molar-refractivity contribution is 6.43. The molecule has 1 aliphatic heterocycles. The maximum absolute atomic E-state index is 12.2. The van der Waals surface area contributed by atoms with Crippen molar-refractivity contribution in [1.82, 2.24) is 15.0 Å². The van der Waals surface area contributed by atoms with E-state index in [9.17, 15) is 9.59 Å². The van der Waals surface area contributed by atoms with Gasteiger partial charge in [0.15, 0.2) is 0 Å². The van der Waals surface area contributed by atoms with Gasteiger partial charge in [-0.3, -0.25) is 9.59 Å². The number of aromatic nitrogens is 2. The van der Waals surface area contributed by atoms with Gasteiger partial charge in [0.05, 0.1) is 11.0 Å². The Morgan fingerprint density at radius 3 is 2.87 bits per heavy atom. The predicted octanol–water partition coefficient (Wildman–Crippen LogP) is 1.66. The summed E-state index contributed by atoms with van der Waals surface area (Å²) < 4.78 is 2.12. The number of imidazole rings is 1. The van der Waals surface area contributed by atoms with Crippen molar-refractivity contribution in [2.75, 3.05) is 5.32 Å². The van der Waals surface area contributed by atoms with E-state index in [4.69, 9.17) is 0 Å². The molecular formula is C16H17N5O2. The number of rotatable bonds is 3. The van der Waals surface area contributed by atoms with Crippen LogP contribution in [-0.4, -0.2) is 27.1 Å². The van der Waals surface area contributed by atoms with Crippen LogP contribution in [0.25, 0.3) is 11.0 Å². The fourth-order valence-electron chi connectivity index (χ4n) is 2.84. The zero-order valence-electron chi connectivity index (χ0n) is 12.8. The van der Waals surface area contributed by atoms with Gasteiger partial charge in [-0.15, -0.1) is 0 Å². The molecule has 0 unspecified atom stereocenters. The number of hydrogen-bond acceptors (Lipinski definition) is 4. The van der Waals surface area contributed by atoms with Crippen molar-refractivity contribution in [2.45, 2.75) is 31.6 Å². The summed E-state index contributed by atoms with van der Waals surface area (Å²) in [6.07, 6.45) is 3.05. The molecule has 1 saturated carbocycles. The van der Waals surface area contributed by atoms with Gasteiger partial charge in [-0.1, -0.05) is 0 Å². The second-order valence-corrected chi connectivity index (χ2v) is 6.05. The first kappa shape index (κ1) is 13.9. The topological polar surface area (TPSA) is 88.4 Å². The molecule has 0 radical (unpaired) electrons. The van der Waals surface area contributed by atoms with Gasteiger partial charge in [-0.05, 0) is 31.0 Å². The molecule has 0 bridgehead atoms. The van der Waals surface area contributed by atoms with E-state index in [1.165, 1.54) is 12.8 Å². The Labute approximate surface area is 132 Å². The molecule has 1 aromatic carbocycles. The minimum atomic E-state index is -0.289. The van der Waals surface area contributed by atoms with Gasteiger partial charge in [0.25, 0.3) is 5.91 Å². The van der Waals surface area contributed by atoms with E-state index >= 15 is 0 Å². The Kier molecular flexibility index (Phi) is 3.14. The minimum Gasteiger partial charge on any atom is -0.331 e. The number of aryl methyl sites for hydroxylation is 1. The average molecular weight is 311 g/mol. The maximum atomic E-state index is 12.2. The van der Waals surface area contributed by atoms with Gasteiger partial charge in [0, 0.05) is 31.5 Å². The van der Waals surface area contributed by atoms with Crippen LogP contribution in [0.4, 0.5) is 5.69 Å². The standard InChI is InChI=1S/C16H17N5O2/c1-21-13-6-4-10(8-12(13)18-15(21)9-2-3-9)17-16(23)11-5-7-14(22)20-19-11/h4,6,8-9H,2-3,5,7H2,1H3,(H,17,23)(H,20,22). The molecule has 4 rings (SSSR count). The van der Waals surface area contributed by atoms with Crippen LogP contribution >= 0.6 is 0 Å². The zero-order valence-corrected chi connectivity index (χ0v) is 12.8. The summed E-state index contributed by atoms with van der Waals surface area (Å²) >= 11 is 0. The number of hydrazone groups is 1. The van der Waals surface area contributed by atoms with E-state index in [1.54, 1.807) is 0 Å². The molecule has 2 aromatic rings. The number of fused-ring (bicyclic) bond motifs is 1. The van der Waals surface area contributed by atoms with E-state index in [-0.39, 0.29) is 18.2 Å². The van der Waals surface area contributed by atoms with Crippen LogP contribution in [0.3, 0.4) is 0 Å². The van der Waals surface area contributed by atoms with Crippen molar-refractivity contribution in [2.24, 2.45) is 12.1 Å². The minimum absolute atomic E-state index is 0.163. The van der Waals surface area contributed by atoms with Gasteiger partial charge >= 0.3 is 0 Å². The molecule has 2 heterocycles. The largest absolute Gasteiger partial charge is 0.331 e. The highest BCUT2D eigenvalue weighted by Crippen LogP contribution is 2.40. The number of anilines is 1. The Bertz CT molecular complexity index is 848. The molecule has 2 N–H and O–H groups in total. The van der Waals surface area contributed by atoms with Crippen molar-refractivity contribution >= 4 is 34.2 Å². The number of amides is 2. The normalized spacial score (nSPS) is 17.8. The first-order valence-electron chi connectivity index (χ1n) is 7.75. The molecular weight excluding hydrogens is 294 g/mol. The van der Waals surface area contributed by atoms with Gasteiger partial charge in [0.1, 0.15) is 11.5 Å². The fourth-order valence-corrected chi connectivity index (χ4v) is 2.84. The summed E-state index contributed by atoms with van der Waals surface area (Å²) in [6.45, 7) is 0. The van der Waals surface area contributed by atoms with Crippen molar-refractivity contribution in [3.05, 3.63) is 24.0 Å². The Hall–Kier alpha value is -2.70. The third-order valence-corrected chi connectivity index (χ3v) is 4.28. The number of nitrogens with zero attached hydrogens (tertiary/aromatic N) is 3. The van der Waals surface area contributed by atoms with E-state index in [0.29, 0.717) is 23.7 Å². The second kappa shape index (κ2) is 5.19. The molecule has 1 fully saturated rings. The lowest BCUT2D eigenvalue weighted by molar-refractivity contribution is -0.121. The molecule has 0 atom stereocenters. The molecule has 118 valence electrons. The van der Waals surface area contributed by atoms with Crippen LogP contribution in [-0.2, 0) is 16.6 Å². The number of carbonyl (C=O) groups is 2. The van der Waals surface area contributed by atoms with Crippen LogP contribution in [0.15, 0.2) is 23.3 Å². The smallest absolute Gasteiger partial charge is 0.271 e. The lowest BCUT2D eigenvalue weighted by Crippen LogP contribution is -2.32. The third kappa shape index (κ3) is 2.58. The monoisotopic (exact) mass is 311 g/mol. The molecule has 1 aliphatic carbocycles. The number of benzene rings is 1. The number of hydrogen-bond donors (Lipinski definition) is 2. The lowest BCUT2D eigenvalue weighted by atomic mass is 10.1. The Morgan fingerprint density at radius 2 is 2.17 bits per heavy atom. The second-order valence-electron chi connectivity index (χ2n) is 6.05. The third-order valence-electron chi connectivity index (χ3n) is 4.28. The van der Waals surface area contributed by atoms with Crippen LogP contribution in [0.5, 0.6) is 0 Å². The van der Waals surface area contributed by atoms with Crippen LogP contribution in [0.2, 0.25) is 0 Å². The van der Waals surface area contributed by atoms with Crippen molar-refractivity contribution in [1.29, 1.82) is 0 Å². The molecule has 7 nitrogen and oxygen atoms in total. The molecule has 0 saturated heterocycles. The van der Waals surface area contributed by atoms with E-state index in [2.05, 4.69) is 25.4 Å². The summed E-state index contributed by atoms with van der Waals surface area (Å²) in [4.78, 5) is 27.9. The summed E-state index contributed by atoms with van der Waals surface area (Å²) in [5.41, 5.74) is 5.29. The molecule has 1 aromatic heterocycles. The zero-order chi connectivity index (χ0) is 16.0. The van der Waals surface area contributed by atoms with Gasteiger partial charge in [-0.25, -0.2) is 10.4 Å². The SMILES string of the molecule is Cn1c(C2CC2)nc2cc(NC(=O)C3=NNC(=O)CC3)ccc21.